The molecule has 136 valence electrons. The van der Waals surface area contributed by atoms with E-state index in [2.05, 4.69) is 10.6 Å². The van der Waals surface area contributed by atoms with Crippen LogP contribution in [-0.2, 0) is 9.59 Å². The molecule has 1 heterocycles. The van der Waals surface area contributed by atoms with E-state index in [-0.39, 0.29) is 18.4 Å². The molecule has 0 aliphatic carbocycles. The third-order valence-corrected chi connectivity index (χ3v) is 3.70. The second-order valence-electron chi connectivity index (χ2n) is 5.70. The Bertz CT molecular complexity index is 804. The lowest BCUT2D eigenvalue weighted by atomic mass is 10.2. The SMILES string of the molecule is CCOc1ccc(NC(=O)C(C)Oc2ccc3c(c2)NC(=O)CO3)cc1. The molecule has 1 unspecified atom stereocenters. The van der Waals surface area contributed by atoms with Gasteiger partial charge in [0.05, 0.1) is 12.3 Å². The Morgan fingerprint density at radius 1 is 1.23 bits per heavy atom. The zero-order valence-corrected chi connectivity index (χ0v) is 14.6. The van der Waals surface area contributed by atoms with Gasteiger partial charge in [0.1, 0.15) is 17.2 Å². The van der Waals surface area contributed by atoms with E-state index in [1.165, 1.54) is 0 Å². The number of rotatable bonds is 6. The van der Waals surface area contributed by atoms with E-state index in [0.29, 0.717) is 29.5 Å². The molecule has 0 bridgehead atoms. The van der Waals surface area contributed by atoms with Gasteiger partial charge in [-0.15, -0.1) is 0 Å². The zero-order chi connectivity index (χ0) is 18.5. The van der Waals surface area contributed by atoms with Crippen LogP contribution in [0.1, 0.15) is 13.8 Å². The predicted octanol–water partition coefficient (Wildman–Crippen LogP) is 2.82. The lowest BCUT2D eigenvalue weighted by Gasteiger charge is -2.20. The van der Waals surface area contributed by atoms with E-state index in [9.17, 15) is 9.59 Å². The molecule has 3 rings (SSSR count). The van der Waals surface area contributed by atoms with E-state index < -0.39 is 6.10 Å². The summed E-state index contributed by atoms with van der Waals surface area (Å²) in [4.78, 5) is 23.7. The molecule has 0 radical (unpaired) electrons. The monoisotopic (exact) mass is 356 g/mol. The number of hydrogen-bond acceptors (Lipinski definition) is 5. The molecule has 7 heteroatoms. The normalized spacial score (nSPS) is 13.7. The average Bonchev–Trinajstić information content (AvgIpc) is 2.63. The highest BCUT2D eigenvalue weighted by atomic mass is 16.5. The lowest BCUT2D eigenvalue weighted by Crippen LogP contribution is -2.30. The quantitative estimate of drug-likeness (QED) is 0.831. The van der Waals surface area contributed by atoms with Crippen LogP contribution in [0.4, 0.5) is 11.4 Å². The molecule has 0 saturated carbocycles. The molecule has 2 amide bonds. The molecule has 2 aromatic rings. The van der Waals surface area contributed by atoms with Crippen LogP contribution in [0.15, 0.2) is 42.5 Å². The van der Waals surface area contributed by atoms with Crippen LogP contribution in [0.5, 0.6) is 17.2 Å². The number of benzene rings is 2. The van der Waals surface area contributed by atoms with Gasteiger partial charge in [0, 0.05) is 11.8 Å². The van der Waals surface area contributed by atoms with Crippen molar-refractivity contribution in [2.24, 2.45) is 0 Å². The van der Waals surface area contributed by atoms with Crippen LogP contribution < -0.4 is 24.8 Å². The number of nitrogens with one attached hydrogen (secondary N) is 2. The number of anilines is 2. The van der Waals surface area contributed by atoms with Crippen LogP contribution in [0.3, 0.4) is 0 Å². The van der Waals surface area contributed by atoms with E-state index in [0.717, 1.165) is 5.75 Å². The highest BCUT2D eigenvalue weighted by Crippen LogP contribution is 2.31. The molecule has 1 aliphatic rings. The van der Waals surface area contributed by atoms with Crippen molar-refractivity contribution in [1.82, 2.24) is 0 Å². The van der Waals surface area contributed by atoms with E-state index >= 15 is 0 Å². The molecule has 0 saturated heterocycles. The van der Waals surface area contributed by atoms with Crippen molar-refractivity contribution in [3.63, 3.8) is 0 Å². The maximum Gasteiger partial charge on any atom is 0.265 e. The maximum absolute atomic E-state index is 12.3. The summed E-state index contributed by atoms with van der Waals surface area (Å²) in [6.07, 6.45) is -0.722. The summed E-state index contributed by atoms with van der Waals surface area (Å²) in [6.45, 7) is 4.14. The summed E-state index contributed by atoms with van der Waals surface area (Å²) in [5.41, 5.74) is 1.18. The number of ether oxygens (including phenoxy) is 3. The summed E-state index contributed by atoms with van der Waals surface area (Å²) in [7, 11) is 0. The van der Waals surface area contributed by atoms with Crippen molar-refractivity contribution < 1.29 is 23.8 Å². The van der Waals surface area contributed by atoms with Gasteiger partial charge in [-0.05, 0) is 50.2 Å². The maximum atomic E-state index is 12.3. The Balaban J connectivity index is 1.60. The van der Waals surface area contributed by atoms with Gasteiger partial charge in [0.2, 0.25) is 0 Å². The number of fused-ring (bicyclic) bond motifs is 1. The van der Waals surface area contributed by atoms with Crippen LogP contribution >= 0.6 is 0 Å². The van der Waals surface area contributed by atoms with Gasteiger partial charge in [0.25, 0.3) is 11.8 Å². The highest BCUT2D eigenvalue weighted by Gasteiger charge is 2.19. The van der Waals surface area contributed by atoms with E-state index in [1.807, 2.05) is 6.92 Å². The highest BCUT2D eigenvalue weighted by molar-refractivity contribution is 5.96. The number of amides is 2. The first-order valence-electron chi connectivity index (χ1n) is 8.32. The van der Waals surface area contributed by atoms with Crippen LogP contribution in [0.25, 0.3) is 0 Å². The molecule has 7 nitrogen and oxygen atoms in total. The van der Waals surface area contributed by atoms with Crippen molar-refractivity contribution in [3.05, 3.63) is 42.5 Å². The molecule has 2 N–H and O–H groups in total. The Kier molecular flexibility index (Phi) is 5.26. The topological polar surface area (TPSA) is 85.9 Å². The average molecular weight is 356 g/mol. The Labute approximate surface area is 151 Å². The van der Waals surface area contributed by atoms with Gasteiger partial charge in [-0.2, -0.15) is 0 Å². The standard InChI is InChI=1S/C19H20N2O5/c1-3-24-14-6-4-13(5-7-14)20-19(23)12(2)26-15-8-9-17-16(10-15)21-18(22)11-25-17/h4-10,12H,3,11H2,1-2H3,(H,20,23)(H,21,22). The molecular weight excluding hydrogens is 336 g/mol. The van der Waals surface area contributed by atoms with Gasteiger partial charge in [-0.25, -0.2) is 0 Å². The first-order valence-corrected chi connectivity index (χ1v) is 8.32. The minimum atomic E-state index is -0.722. The Hall–Kier alpha value is -3.22. The molecule has 0 aromatic heterocycles. The number of carbonyl (C=O) groups excluding carboxylic acids is 2. The number of hydrogen-bond donors (Lipinski definition) is 2. The third kappa shape index (κ3) is 4.24. The van der Waals surface area contributed by atoms with Crippen LogP contribution in [-0.4, -0.2) is 31.1 Å². The second kappa shape index (κ2) is 7.77. The molecule has 26 heavy (non-hydrogen) atoms. The molecular formula is C19H20N2O5. The molecule has 0 spiro atoms. The molecule has 0 fully saturated rings. The van der Waals surface area contributed by atoms with Crippen molar-refractivity contribution in [1.29, 1.82) is 0 Å². The Morgan fingerprint density at radius 3 is 2.69 bits per heavy atom. The molecule has 2 aromatic carbocycles. The fourth-order valence-electron chi connectivity index (χ4n) is 2.44. The minimum absolute atomic E-state index is 0.00585. The summed E-state index contributed by atoms with van der Waals surface area (Å²) < 4.78 is 16.3. The fourth-order valence-corrected chi connectivity index (χ4v) is 2.44. The molecule has 1 atom stereocenters. The summed E-state index contributed by atoms with van der Waals surface area (Å²) in [5.74, 6) is 1.27. The third-order valence-electron chi connectivity index (χ3n) is 3.70. The van der Waals surface area contributed by atoms with Gasteiger partial charge in [0.15, 0.2) is 12.7 Å². The van der Waals surface area contributed by atoms with Crippen LogP contribution in [0.2, 0.25) is 0 Å². The first kappa shape index (κ1) is 17.6. The zero-order valence-electron chi connectivity index (χ0n) is 14.6. The van der Waals surface area contributed by atoms with Crippen molar-refractivity contribution in [2.45, 2.75) is 20.0 Å². The van der Waals surface area contributed by atoms with Crippen LogP contribution in [0, 0.1) is 0 Å². The van der Waals surface area contributed by atoms with Gasteiger partial charge in [-0.3, -0.25) is 9.59 Å². The fraction of sp³-hybridized carbons (Fsp3) is 0.263. The largest absolute Gasteiger partial charge is 0.494 e. The summed E-state index contributed by atoms with van der Waals surface area (Å²) >= 11 is 0. The van der Waals surface area contributed by atoms with Crippen molar-refractivity contribution in [3.8, 4) is 17.2 Å². The van der Waals surface area contributed by atoms with E-state index in [1.54, 1.807) is 49.4 Å². The Morgan fingerprint density at radius 2 is 1.96 bits per heavy atom. The number of carbonyl (C=O) groups is 2. The molecule has 1 aliphatic heterocycles. The van der Waals surface area contributed by atoms with Crippen molar-refractivity contribution in [2.75, 3.05) is 23.8 Å². The second-order valence-corrected chi connectivity index (χ2v) is 5.70. The lowest BCUT2D eigenvalue weighted by molar-refractivity contribution is -0.122. The first-order chi connectivity index (χ1) is 12.5. The van der Waals surface area contributed by atoms with Gasteiger partial charge >= 0.3 is 0 Å². The minimum Gasteiger partial charge on any atom is -0.494 e. The smallest absolute Gasteiger partial charge is 0.265 e. The van der Waals surface area contributed by atoms with E-state index in [4.69, 9.17) is 14.2 Å². The predicted molar refractivity (Wildman–Crippen MR) is 96.9 cm³/mol. The summed E-state index contributed by atoms with van der Waals surface area (Å²) in [6, 6.07) is 12.1. The summed E-state index contributed by atoms with van der Waals surface area (Å²) in [5, 5.41) is 5.49. The van der Waals surface area contributed by atoms with Gasteiger partial charge < -0.3 is 24.8 Å². The van der Waals surface area contributed by atoms with Crippen molar-refractivity contribution >= 4 is 23.2 Å². The van der Waals surface area contributed by atoms with Gasteiger partial charge in [-0.1, -0.05) is 0 Å².